The topological polar surface area (TPSA) is 32.3 Å². The monoisotopic (exact) mass is 284 g/mol. The van der Waals surface area contributed by atoms with Gasteiger partial charge in [0.15, 0.2) is 0 Å². The Balaban J connectivity index is 2.60. The Labute approximate surface area is 118 Å². The molecule has 0 bridgehead atoms. The van der Waals surface area contributed by atoms with Gasteiger partial charge < -0.3 is 10.2 Å². The van der Waals surface area contributed by atoms with Gasteiger partial charge in [-0.1, -0.05) is 23.8 Å². The first-order valence-electron chi connectivity index (χ1n) is 6.05. The lowest BCUT2D eigenvalue weighted by molar-refractivity contribution is -0.128. The number of nitrogens with zero attached hydrogens (tertiary/aromatic N) is 1. The Morgan fingerprint density at radius 3 is 2.74 bits per heavy atom. The third-order valence-electron chi connectivity index (χ3n) is 2.56. The smallest absolute Gasteiger partial charge is 0.242 e. The summed E-state index contributed by atoms with van der Waals surface area (Å²) in [6, 6.07) is 4.29. The Kier molecular flexibility index (Phi) is 5.83. The fourth-order valence-corrected chi connectivity index (χ4v) is 1.78. The van der Waals surface area contributed by atoms with E-state index in [2.05, 4.69) is 11.9 Å². The molecule has 0 spiro atoms. The predicted octanol–water partition coefficient (Wildman–Crippen LogP) is 3.32. The van der Waals surface area contributed by atoms with Crippen LogP contribution in [0.5, 0.6) is 0 Å². The van der Waals surface area contributed by atoms with Gasteiger partial charge in [0.05, 0.1) is 12.2 Å². The molecular weight excluding hydrogens is 267 g/mol. The molecular formula is C14H18ClFN2O. The average molecular weight is 285 g/mol. The number of hydrogen-bond donors (Lipinski definition) is 1. The van der Waals surface area contributed by atoms with Crippen LogP contribution in [0.1, 0.15) is 13.8 Å². The van der Waals surface area contributed by atoms with Gasteiger partial charge in [0.25, 0.3) is 0 Å². The zero-order valence-electron chi connectivity index (χ0n) is 11.2. The van der Waals surface area contributed by atoms with Crippen LogP contribution in [-0.4, -0.2) is 30.4 Å². The van der Waals surface area contributed by atoms with Gasteiger partial charge in [-0.25, -0.2) is 4.39 Å². The molecule has 0 fully saturated rings. The molecule has 0 aliphatic rings. The van der Waals surface area contributed by atoms with Crippen LogP contribution in [-0.2, 0) is 4.79 Å². The van der Waals surface area contributed by atoms with E-state index in [1.54, 1.807) is 11.0 Å². The van der Waals surface area contributed by atoms with Gasteiger partial charge in [-0.15, -0.1) is 0 Å². The van der Waals surface area contributed by atoms with Gasteiger partial charge in [-0.05, 0) is 32.0 Å². The van der Waals surface area contributed by atoms with E-state index >= 15 is 0 Å². The van der Waals surface area contributed by atoms with E-state index < -0.39 is 5.82 Å². The molecule has 0 heterocycles. The molecule has 0 aromatic heterocycles. The van der Waals surface area contributed by atoms with Crippen LogP contribution in [0.15, 0.2) is 30.4 Å². The van der Waals surface area contributed by atoms with Crippen molar-refractivity contribution in [1.82, 2.24) is 4.90 Å². The van der Waals surface area contributed by atoms with E-state index in [1.165, 1.54) is 12.1 Å². The van der Waals surface area contributed by atoms with Gasteiger partial charge in [-0.3, -0.25) is 4.79 Å². The quantitative estimate of drug-likeness (QED) is 0.813. The predicted molar refractivity (Wildman–Crippen MR) is 77.0 cm³/mol. The van der Waals surface area contributed by atoms with E-state index in [9.17, 15) is 9.18 Å². The van der Waals surface area contributed by atoms with Crippen molar-refractivity contribution in [2.45, 2.75) is 13.8 Å². The molecule has 1 rings (SSSR count). The second kappa shape index (κ2) is 7.14. The van der Waals surface area contributed by atoms with E-state index in [4.69, 9.17) is 11.6 Å². The van der Waals surface area contributed by atoms with Crippen molar-refractivity contribution in [2.24, 2.45) is 0 Å². The number of benzene rings is 1. The number of rotatable bonds is 6. The lowest BCUT2D eigenvalue weighted by atomic mass is 10.3. The van der Waals surface area contributed by atoms with Crippen molar-refractivity contribution < 1.29 is 9.18 Å². The summed E-state index contributed by atoms with van der Waals surface area (Å²) in [5.74, 6) is -0.567. The first-order chi connectivity index (χ1) is 8.93. The second-order valence-electron chi connectivity index (χ2n) is 4.34. The Morgan fingerprint density at radius 1 is 1.53 bits per heavy atom. The third kappa shape index (κ3) is 4.91. The minimum atomic E-state index is -0.469. The number of amides is 1. The number of carbonyl (C=O) groups is 1. The summed E-state index contributed by atoms with van der Waals surface area (Å²) in [6.07, 6.45) is 0. The van der Waals surface area contributed by atoms with Gasteiger partial charge in [0.1, 0.15) is 5.82 Å². The summed E-state index contributed by atoms with van der Waals surface area (Å²) < 4.78 is 13.5. The maximum absolute atomic E-state index is 13.5. The number of carbonyl (C=O) groups excluding carboxylic acids is 1. The molecule has 0 aliphatic heterocycles. The summed E-state index contributed by atoms with van der Waals surface area (Å²) in [4.78, 5) is 13.6. The molecule has 0 saturated heterocycles. The Hall–Kier alpha value is -1.55. The molecule has 3 nitrogen and oxygen atoms in total. The van der Waals surface area contributed by atoms with Crippen LogP contribution in [0.2, 0.25) is 5.02 Å². The highest BCUT2D eigenvalue weighted by Crippen LogP contribution is 2.18. The van der Waals surface area contributed by atoms with Crippen molar-refractivity contribution in [3.8, 4) is 0 Å². The van der Waals surface area contributed by atoms with Crippen molar-refractivity contribution in [3.63, 3.8) is 0 Å². The van der Waals surface area contributed by atoms with Crippen LogP contribution >= 0.6 is 11.6 Å². The molecule has 19 heavy (non-hydrogen) atoms. The van der Waals surface area contributed by atoms with E-state index in [0.29, 0.717) is 18.1 Å². The Morgan fingerprint density at radius 2 is 2.21 bits per heavy atom. The van der Waals surface area contributed by atoms with Gasteiger partial charge in [0.2, 0.25) is 5.91 Å². The summed E-state index contributed by atoms with van der Waals surface area (Å²) in [5, 5.41) is 3.10. The number of halogens is 2. The van der Waals surface area contributed by atoms with Crippen LogP contribution in [0.25, 0.3) is 0 Å². The standard InChI is InChI=1S/C14H18ClFN2O/c1-4-18(9-10(2)3)14(19)8-17-13-6-5-11(15)7-12(13)16/h5-7,17H,2,4,8-9H2,1,3H3. The van der Waals surface area contributed by atoms with Gasteiger partial charge >= 0.3 is 0 Å². The maximum Gasteiger partial charge on any atom is 0.242 e. The van der Waals surface area contributed by atoms with E-state index in [1.807, 2.05) is 13.8 Å². The molecule has 1 amide bonds. The number of nitrogens with one attached hydrogen (secondary N) is 1. The number of anilines is 1. The molecule has 1 aromatic carbocycles. The molecule has 0 radical (unpaired) electrons. The van der Waals surface area contributed by atoms with Gasteiger partial charge in [0, 0.05) is 18.1 Å². The van der Waals surface area contributed by atoms with Crippen LogP contribution in [0.3, 0.4) is 0 Å². The number of likely N-dealkylation sites (N-methyl/N-ethyl adjacent to an activating group) is 1. The van der Waals surface area contributed by atoms with Crippen LogP contribution in [0, 0.1) is 5.82 Å². The lowest BCUT2D eigenvalue weighted by Gasteiger charge is -2.21. The van der Waals surface area contributed by atoms with Gasteiger partial charge in [-0.2, -0.15) is 0 Å². The largest absolute Gasteiger partial charge is 0.374 e. The molecule has 1 N–H and O–H groups in total. The fraction of sp³-hybridized carbons (Fsp3) is 0.357. The van der Waals surface area contributed by atoms with Crippen molar-refractivity contribution >= 4 is 23.2 Å². The summed E-state index contributed by atoms with van der Waals surface area (Å²) in [6.45, 7) is 8.68. The Bertz CT molecular complexity index is 477. The normalized spacial score (nSPS) is 10.1. The molecule has 0 unspecified atom stereocenters. The molecule has 104 valence electrons. The minimum Gasteiger partial charge on any atom is -0.374 e. The highest BCUT2D eigenvalue weighted by molar-refractivity contribution is 6.30. The van der Waals surface area contributed by atoms with E-state index in [-0.39, 0.29) is 18.1 Å². The zero-order chi connectivity index (χ0) is 14.4. The molecule has 0 atom stereocenters. The SMILES string of the molecule is C=C(C)CN(CC)C(=O)CNc1ccc(Cl)cc1F. The fourth-order valence-electron chi connectivity index (χ4n) is 1.62. The van der Waals surface area contributed by atoms with E-state index in [0.717, 1.165) is 5.57 Å². The van der Waals surface area contributed by atoms with Crippen molar-refractivity contribution in [3.05, 3.63) is 41.2 Å². The third-order valence-corrected chi connectivity index (χ3v) is 2.79. The highest BCUT2D eigenvalue weighted by Gasteiger charge is 2.12. The average Bonchev–Trinajstić information content (AvgIpc) is 2.34. The van der Waals surface area contributed by atoms with Crippen LogP contribution in [0.4, 0.5) is 10.1 Å². The highest BCUT2D eigenvalue weighted by atomic mass is 35.5. The molecule has 0 aliphatic carbocycles. The molecule has 5 heteroatoms. The summed E-state index contributed by atoms with van der Waals surface area (Å²) in [7, 11) is 0. The van der Waals surface area contributed by atoms with Crippen LogP contribution < -0.4 is 5.32 Å². The first kappa shape index (κ1) is 15.5. The zero-order valence-corrected chi connectivity index (χ0v) is 11.9. The van der Waals surface area contributed by atoms with Crippen molar-refractivity contribution in [1.29, 1.82) is 0 Å². The molecule has 1 aromatic rings. The number of hydrogen-bond acceptors (Lipinski definition) is 2. The molecule has 0 saturated carbocycles. The minimum absolute atomic E-state index is 0.0413. The summed E-state index contributed by atoms with van der Waals surface area (Å²) >= 11 is 5.66. The second-order valence-corrected chi connectivity index (χ2v) is 4.78. The summed E-state index contributed by atoms with van der Waals surface area (Å²) in [5.41, 5.74) is 1.18. The first-order valence-corrected chi connectivity index (χ1v) is 6.43. The maximum atomic E-state index is 13.5. The lowest BCUT2D eigenvalue weighted by Crippen LogP contribution is -2.36. The van der Waals surface area contributed by atoms with Crippen molar-refractivity contribution in [2.75, 3.05) is 25.0 Å².